The highest BCUT2D eigenvalue weighted by Gasteiger charge is 2.42. The average molecular weight is 344 g/mol. The predicted octanol–water partition coefficient (Wildman–Crippen LogP) is 3.49. The minimum absolute atomic E-state index is 0.0744. The first-order valence-corrected chi connectivity index (χ1v) is 7.42. The van der Waals surface area contributed by atoms with Crippen LogP contribution < -0.4 is 0 Å². The normalized spacial score (nSPS) is 24.1. The maximum Gasteiger partial charge on any atom is 0.308 e. The second kappa shape index (κ2) is 5.45. The number of nitrogens with zero attached hydrogens (tertiary/aromatic N) is 1. The fourth-order valence-electron chi connectivity index (χ4n) is 2.72. The van der Waals surface area contributed by atoms with Gasteiger partial charge in [-0.15, -0.1) is 0 Å². The minimum Gasteiger partial charge on any atom is -0.481 e. The van der Waals surface area contributed by atoms with Crippen molar-refractivity contribution in [3.05, 3.63) is 34.1 Å². The lowest BCUT2D eigenvalue weighted by Gasteiger charge is -2.31. The van der Waals surface area contributed by atoms with Crippen molar-refractivity contribution in [2.45, 2.75) is 32.2 Å². The van der Waals surface area contributed by atoms with E-state index in [2.05, 4.69) is 41.6 Å². The van der Waals surface area contributed by atoms with E-state index in [0.29, 0.717) is 17.6 Å². The Hall–Kier alpha value is -0.940. The monoisotopic (exact) mass is 343 g/mol. The summed E-state index contributed by atoms with van der Waals surface area (Å²) in [7, 11) is 0. The van der Waals surface area contributed by atoms with Crippen LogP contribution in [0.3, 0.4) is 0 Å². The molecule has 0 spiro atoms. The summed E-state index contributed by atoms with van der Waals surface area (Å²) in [5.74, 6) is -1.70. The lowest BCUT2D eigenvalue weighted by molar-refractivity contribution is -0.141. The zero-order valence-electron chi connectivity index (χ0n) is 11.9. The molecule has 1 aliphatic heterocycles. The first kappa shape index (κ1) is 15.4. The van der Waals surface area contributed by atoms with Gasteiger partial charge in [0.15, 0.2) is 0 Å². The Labute approximate surface area is 126 Å². The molecule has 1 heterocycles. The number of rotatable bonds is 2. The number of aliphatic carboxylic acids is 1. The maximum absolute atomic E-state index is 13.2. The maximum atomic E-state index is 13.2. The Morgan fingerprint density at radius 2 is 2.05 bits per heavy atom. The molecule has 1 N–H and O–H groups in total. The van der Waals surface area contributed by atoms with Crippen molar-refractivity contribution in [3.63, 3.8) is 0 Å². The molecule has 1 saturated heterocycles. The molecule has 0 bridgehead atoms. The van der Waals surface area contributed by atoms with E-state index >= 15 is 0 Å². The van der Waals surface area contributed by atoms with Crippen LogP contribution in [0, 0.1) is 11.7 Å². The summed E-state index contributed by atoms with van der Waals surface area (Å²) in [6.07, 6.45) is 0. The van der Waals surface area contributed by atoms with Crippen LogP contribution in [0.5, 0.6) is 0 Å². The highest BCUT2D eigenvalue weighted by molar-refractivity contribution is 9.10. The van der Waals surface area contributed by atoms with Gasteiger partial charge in [0.2, 0.25) is 0 Å². The topological polar surface area (TPSA) is 40.5 Å². The van der Waals surface area contributed by atoms with Crippen LogP contribution in [0.15, 0.2) is 22.7 Å². The third kappa shape index (κ3) is 3.04. The van der Waals surface area contributed by atoms with E-state index in [1.165, 1.54) is 12.1 Å². The third-order valence-electron chi connectivity index (χ3n) is 3.95. The summed E-state index contributed by atoms with van der Waals surface area (Å²) in [4.78, 5) is 13.7. The van der Waals surface area contributed by atoms with Crippen molar-refractivity contribution in [2.24, 2.45) is 5.92 Å². The van der Waals surface area contributed by atoms with Crippen molar-refractivity contribution in [1.82, 2.24) is 4.90 Å². The number of hydrogen-bond acceptors (Lipinski definition) is 2. The van der Waals surface area contributed by atoms with E-state index in [1.54, 1.807) is 6.07 Å². The summed E-state index contributed by atoms with van der Waals surface area (Å²) in [5, 5.41) is 9.46. The fourth-order valence-corrected chi connectivity index (χ4v) is 3.36. The van der Waals surface area contributed by atoms with Gasteiger partial charge in [-0.05, 0) is 38.5 Å². The van der Waals surface area contributed by atoms with Gasteiger partial charge in [0.05, 0.1) is 5.92 Å². The highest BCUT2D eigenvalue weighted by atomic mass is 79.9. The first-order valence-electron chi connectivity index (χ1n) is 6.63. The summed E-state index contributed by atoms with van der Waals surface area (Å²) in [5.41, 5.74) is 0.792. The molecule has 1 aromatic carbocycles. The van der Waals surface area contributed by atoms with Gasteiger partial charge < -0.3 is 5.11 Å². The Morgan fingerprint density at radius 3 is 2.55 bits per heavy atom. The van der Waals surface area contributed by atoms with Gasteiger partial charge in [-0.25, -0.2) is 4.39 Å². The van der Waals surface area contributed by atoms with Gasteiger partial charge in [-0.2, -0.15) is 0 Å². The second-order valence-corrected chi connectivity index (χ2v) is 7.15. The van der Waals surface area contributed by atoms with Crippen molar-refractivity contribution >= 4 is 21.9 Å². The van der Waals surface area contributed by atoms with E-state index in [1.807, 2.05) is 0 Å². The van der Waals surface area contributed by atoms with E-state index < -0.39 is 11.9 Å². The number of benzene rings is 1. The standard InChI is InChI=1S/C15H19BrFNO2/c1-15(2,3)18-7-11(12(8-18)14(19)20)10-5-4-9(17)6-13(10)16/h4-6,11-12H,7-8H2,1-3H3,(H,19,20)/t11-,12+/m0/s1. The molecule has 110 valence electrons. The zero-order valence-corrected chi connectivity index (χ0v) is 13.4. The van der Waals surface area contributed by atoms with E-state index in [-0.39, 0.29) is 17.3 Å². The lowest BCUT2D eigenvalue weighted by atomic mass is 9.89. The van der Waals surface area contributed by atoms with Crippen molar-refractivity contribution in [2.75, 3.05) is 13.1 Å². The lowest BCUT2D eigenvalue weighted by Crippen LogP contribution is -2.40. The number of carboxylic acids is 1. The van der Waals surface area contributed by atoms with E-state index in [4.69, 9.17) is 0 Å². The van der Waals surface area contributed by atoms with Crippen LogP contribution in [-0.2, 0) is 4.79 Å². The summed E-state index contributed by atoms with van der Waals surface area (Å²) < 4.78 is 13.8. The number of halogens is 2. The third-order valence-corrected chi connectivity index (χ3v) is 4.63. The summed E-state index contributed by atoms with van der Waals surface area (Å²) in [6.45, 7) is 7.42. The quantitative estimate of drug-likeness (QED) is 0.893. The Balaban J connectivity index is 2.35. The van der Waals surface area contributed by atoms with Gasteiger partial charge in [0.1, 0.15) is 5.82 Å². The molecule has 20 heavy (non-hydrogen) atoms. The smallest absolute Gasteiger partial charge is 0.308 e. The Kier molecular flexibility index (Phi) is 4.21. The number of carbonyl (C=O) groups is 1. The molecule has 3 nitrogen and oxygen atoms in total. The van der Waals surface area contributed by atoms with Gasteiger partial charge >= 0.3 is 5.97 Å². The molecule has 2 atom stereocenters. The second-order valence-electron chi connectivity index (χ2n) is 6.29. The Morgan fingerprint density at radius 1 is 1.40 bits per heavy atom. The van der Waals surface area contributed by atoms with Crippen LogP contribution in [-0.4, -0.2) is 34.6 Å². The molecule has 0 aromatic heterocycles. The molecule has 1 aromatic rings. The van der Waals surface area contributed by atoms with Crippen LogP contribution in [0.1, 0.15) is 32.3 Å². The van der Waals surface area contributed by atoms with Gasteiger partial charge in [0, 0.05) is 29.0 Å². The molecule has 1 aliphatic rings. The molecule has 2 rings (SSSR count). The van der Waals surface area contributed by atoms with Crippen LogP contribution in [0.2, 0.25) is 0 Å². The van der Waals surface area contributed by atoms with Crippen LogP contribution in [0.25, 0.3) is 0 Å². The van der Waals surface area contributed by atoms with Crippen molar-refractivity contribution < 1.29 is 14.3 Å². The number of carboxylic acid groups (broad SMARTS) is 1. The zero-order chi connectivity index (χ0) is 15.1. The largest absolute Gasteiger partial charge is 0.481 e. The van der Waals surface area contributed by atoms with Crippen molar-refractivity contribution in [1.29, 1.82) is 0 Å². The summed E-state index contributed by atoms with van der Waals surface area (Å²) in [6, 6.07) is 4.47. The number of likely N-dealkylation sites (tertiary alicyclic amines) is 1. The van der Waals surface area contributed by atoms with Crippen molar-refractivity contribution in [3.8, 4) is 0 Å². The molecule has 5 heteroatoms. The average Bonchev–Trinajstić information content (AvgIpc) is 2.73. The minimum atomic E-state index is -0.794. The van der Waals surface area contributed by atoms with Gasteiger partial charge in [-0.3, -0.25) is 9.69 Å². The highest BCUT2D eigenvalue weighted by Crippen LogP contribution is 2.39. The first-order chi connectivity index (χ1) is 9.20. The molecule has 0 unspecified atom stereocenters. The predicted molar refractivity (Wildman–Crippen MR) is 79.3 cm³/mol. The van der Waals surface area contributed by atoms with Crippen LogP contribution in [0.4, 0.5) is 4.39 Å². The SMILES string of the molecule is CC(C)(C)N1C[C@@H](C(=O)O)[C@H](c2ccc(F)cc2Br)C1. The molecule has 1 fully saturated rings. The van der Waals surface area contributed by atoms with Gasteiger partial charge in [0.25, 0.3) is 0 Å². The molecule has 0 aliphatic carbocycles. The molecule has 0 amide bonds. The van der Waals surface area contributed by atoms with Crippen LogP contribution >= 0.6 is 15.9 Å². The summed E-state index contributed by atoms with van der Waals surface area (Å²) >= 11 is 3.35. The fraction of sp³-hybridized carbons (Fsp3) is 0.533. The Bertz CT molecular complexity index is 527. The van der Waals surface area contributed by atoms with E-state index in [0.717, 1.165) is 5.56 Å². The molecular weight excluding hydrogens is 325 g/mol. The van der Waals surface area contributed by atoms with E-state index in [9.17, 15) is 14.3 Å². The molecular formula is C15H19BrFNO2. The van der Waals surface area contributed by atoms with Gasteiger partial charge in [-0.1, -0.05) is 22.0 Å². The number of hydrogen-bond donors (Lipinski definition) is 1. The molecule has 0 saturated carbocycles. The molecule has 0 radical (unpaired) electrons.